The van der Waals surface area contributed by atoms with Crippen molar-refractivity contribution in [3.8, 4) is 0 Å². The van der Waals surface area contributed by atoms with Crippen molar-refractivity contribution in [2.75, 3.05) is 26.2 Å². The third kappa shape index (κ3) is 9.67. The maximum Gasteiger partial charge on any atom is 3.00 e. The van der Waals surface area contributed by atoms with Crippen LogP contribution in [0.25, 0.3) is 5.32 Å². The Bertz CT molecular complexity index is 721. The van der Waals surface area contributed by atoms with Crippen LogP contribution >= 0.6 is 0 Å². The Balaban J connectivity index is 0.000000584. The molecule has 2 aromatic rings. The molecule has 1 heterocycles. The molecule has 28 heavy (non-hydrogen) atoms. The van der Waals surface area contributed by atoms with Gasteiger partial charge in [-0.3, -0.25) is 9.98 Å². The molecule has 0 fully saturated rings. The Morgan fingerprint density at radius 3 is 1.57 bits per heavy atom. The van der Waals surface area contributed by atoms with Crippen LogP contribution in [0.3, 0.4) is 0 Å². The molecule has 3 rings (SSSR count). The molecule has 0 bridgehead atoms. The molecule has 0 saturated carbocycles. The van der Waals surface area contributed by atoms with Gasteiger partial charge in [0.1, 0.15) is 0 Å². The standard InChI is InChI=1S/C18H19N4.BF4.Ni/c1-3-7-17-15(5-1)13-20-11-9-19-10-12-21-14-16-6-2-4-8-18(16)22-17;2-1(3,4)5;/h1-8,13-14,19H,9-12H2;;/q2*-1;+3. The number of benzene rings is 2. The van der Waals surface area contributed by atoms with Crippen molar-refractivity contribution >= 4 is 31.1 Å². The number of hydrogen-bond acceptors (Lipinski definition) is 3. The van der Waals surface area contributed by atoms with E-state index in [4.69, 9.17) is 5.32 Å². The maximum atomic E-state index is 9.75. The first-order valence-corrected chi connectivity index (χ1v) is 8.41. The molecule has 151 valence electrons. The number of fused-ring (bicyclic) bond motifs is 2. The average Bonchev–Trinajstić information content (AvgIpc) is 2.61. The Morgan fingerprint density at radius 1 is 0.750 bits per heavy atom. The third-order valence-electron chi connectivity index (χ3n) is 3.41. The first-order chi connectivity index (χ1) is 12.9. The average molecular weight is 437 g/mol. The van der Waals surface area contributed by atoms with E-state index in [-0.39, 0.29) is 16.5 Å². The van der Waals surface area contributed by atoms with Gasteiger partial charge in [-0.05, 0) is 11.1 Å². The van der Waals surface area contributed by atoms with E-state index in [2.05, 4.69) is 15.3 Å². The molecular formula is C18H19BF4N4Ni+. The van der Waals surface area contributed by atoms with Crippen LogP contribution in [-0.4, -0.2) is 45.9 Å². The topological polar surface area (TPSA) is 50.9 Å². The van der Waals surface area contributed by atoms with E-state index in [1.165, 1.54) is 0 Å². The molecule has 0 aromatic heterocycles. The quantitative estimate of drug-likeness (QED) is 0.469. The summed E-state index contributed by atoms with van der Waals surface area (Å²) < 4.78 is 39.0. The van der Waals surface area contributed by atoms with Crippen molar-refractivity contribution in [2.45, 2.75) is 0 Å². The van der Waals surface area contributed by atoms with Gasteiger partial charge in [0, 0.05) is 25.5 Å². The molecule has 4 nitrogen and oxygen atoms in total. The molecule has 1 N–H and O–H groups in total. The number of rotatable bonds is 0. The van der Waals surface area contributed by atoms with Gasteiger partial charge in [0.2, 0.25) is 0 Å². The SMILES string of the molecule is C1=NCCNCCN=Cc2ccccc2[N-]c2ccccc21.F[B-](F)(F)F.[Ni+3]. The second-order valence-electron chi connectivity index (χ2n) is 5.54. The second-order valence-corrected chi connectivity index (χ2v) is 5.54. The predicted molar refractivity (Wildman–Crippen MR) is 104 cm³/mol. The van der Waals surface area contributed by atoms with Gasteiger partial charge in [0.25, 0.3) is 0 Å². The van der Waals surface area contributed by atoms with Gasteiger partial charge >= 0.3 is 23.7 Å². The van der Waals surface area contributed by atoms with Crippen LogP contribution in [0, 0.1) is 0 Å². The van der Waals surface area contributed by atoms with Gasteiger partial charge in [0.15, 0.2) is 0 Å². The zero-order chi connectivity index (χ0) is 19.5. The molecule has 1 aliphatic rings. The maximum absolute atomic E-state index is 9.75. The molecule has 0 aliphatic carbocycles. The number of nitrogens with zero attached hydrogens (tertiary/aromatic N) is 3. The molecule has 0 saturated heterocycles. The van der Waals surface area contributed by atoms with Crippen molar-refractivity contribution in [1.82, 2.24) is 5.32 Å². The number of halogens is 4. The number of para-hydroxylation sites is 2. The van der Waals surface area contributed by atoms with Crippen molar-refractivity contribution in [3.05, 3.63) is 65.0 Å². The van der Waals surface area contributed by atoms with Crippen LogP contribution in [0.5, 0.6) is 0 Å². The summed E-state index contributed by atoms with van der Waals surface area (Å²) in [7, 11) is -6.00. The summed E-state index contributed by atoms with van der Waals surface area (Å²) in [5.74, 6) is 0. The van der Waals surface area contributed by atoms with Gasteiger partial charge in [0.05, 0.1) is 13.1 Å². The van der Waals surface area contributed by atoms with Crippen molar-refractivity contribution in [2.24, 2.45) is 9.98 Å². The first-order valence-electron chi connectivity index (χ1n) is 8.41. The van der Waals surface area contributed by atoms with E-state index in [0.29, 0.717) is 0 Å². The molecule has 0 spiro atoms. The summed E-state index contributed by atoms with van der Waals surface area (Å²) in [6, 6.07) is 16.1. The van der Waals surface area contributed by atoms with E-state index in [0.717, 1.165) is 48.7 Å². The Hall–Kier alpha value is -2.18. The largest absolute Gasteiger partial charge is 3.00 e. The van der Waals surface area contributed by atoms with Crippen LogP contribution in [0.15, 0.2) is 58.5 Å². The van der Waals surface area contributed by atoms with Crippen LogP contribution in [0.1, 0.15) is 11.1 Å². The summed E-state index contributed by atoms with van der Waals surface area (Å²) in [5, 5.41) is 8.13. The minimum Gasteiger partial charge on any atom is -0.657 e. The molecule has 1 aliphatic heterocycles. The Morgan fingerprint density at radius 2 is 1.14 bits per heavy atom. The molecule has 1 radical (unpaired) electrons. The number of hydrogen-bond donors (Lipinski definition) is 1. The number of nitrogens with one attached hydrogen (secondary N) is 1. The summed E-state index contributed by atoms with van der Waals surface area (Å²) >= 11 is 0. The molecule has 0 atom stereocenters. The summed E-state index contributed by atoms with van der Waals surface area (Å²) in [6.07, 6.45) is 3.81. The molecule has 0 unspecified atom stereocenters. The van der Waals surface area contributed by atoms with Gasteiger partial charge < -0.3 is 27.9 Å². The zero-order valence-corrected chi connectivity index (χ0v) is 15.8. The van der Waals surface area contributed by atoms with Gasteiger partial charge in [-0.1, -0.05) is 48.5 Å². The number of aliphatic imine (C=N–C) groups is 2. The van der Waals surface area contributed by atoms with E-state index in [1.54, 1.807) is 0 Å². The normalized spacial score (nSPS) is 14.1. The van der Waals surface area contributed by atoms with E-state index in [9.17, 15) is 17.3 Å². The fourth-order valence-corrected chi connectivity index (χ4v) is 2.26. The fourth-order valence-electron chi connectivity index (χ4n) is 2.26. The zero-order valence-electron chi connectivity index (χ0n) is 14.8. The van der Waals surface area contributed by atoms with Gasteiger partial charge in [-0.15, -0.1) is 11.4 Å². The van der Waals surface area contributed by atoms with Crippen LogP contribution in [0.2, 0.25) is 0 Å². The molecule has 10 heteroatoms. The first kappa shape index (κ1) is 23.9. The minimum atomic E-state index is -6.00. The Kier molecular flexibility index (Phi) is 10.5. The molecule has 0 amide bonds. The van der Waals surface area contributed by atoms with Gasteiger partial charge in [-0.25, -0.2) is 0 Å². The summed E-state index contributed by atoms with van der Waals surface area (Å²) in [4.78, 5) is 8.94. The van der Waals surface area contributed by atoms with E-state index >= 15 is 0 Å². The third-order valence-corrected chi connectivity index (χ3v) is 3.41. The van der Waals surface area contributed by atoms with Crippen LogP contribution in [-0.2, 0) is 16.5 Å². The Labute approximate surface area is 171 Å². The second kappa shape index (κ2) is 12.3. The van der Waals surface area contributed by atoms with Crippen LogP contribution in [0.4, 0.5) is 28.6 Å². The summed E-state index contributed by atoms with van der Waals surface area (Å²) in [5.41, 5.74) is 3.92. The van der Waals surface area contributed by atoms with Crippen molar-refractivity contribution in [3.63, 3.8) is 0 Å². The minimum absolute atomic E-state index is 0. The van der Waals surface area contributed by atoms with Crippen molar-refractivity contribution < 1.29 is 33.8 Å². The smallest absolute Gasteiger partial charge is 0.657 e. The van der Waals surface area contributed by atoms with Gasteiger partial charge in [-0.2, -0.15) is 0 Å². The molecule has 2 aromatic carbocycles. The van der Waals surface area contributed by atoms with E-state index < -0.39 is 7.25 Å². The fraction of sp³-hybridized carbons (Fsp3) is 0.222. The predicted octanol–water partition coefficient (Wildman–Crippen LogP) is 4.76. The monoisotopic (exact) mass is 436 g/mol. The van der Waals surface area contributed by atoms with Crippen LogP contribution < -0.4 is 5.32 Å². The molecular weight excluding hydrogens is 418 g/mol. The van der Waals surface area contributed by atoms with Crippen molar-refractivity contribution in [1.29, 1.82) is 0 Å². The summed E-state index contributed by atoms with van der Waals surface area (Å²) in [6.45, 7) is 3.24. The van der Waals surface area contributed by atoms with E-state index in [1.807, 2.05) is 61.0 Å².